The van der Waals surface area contributed by atoms with E-state index in [1.807, 2.05) is 0 Å². The van der Waals surface area contributed by atoms with Crippen LogP contribution in [0.15, 0.2) is 24.3 Å². The van der Waals surface area contributed by atoms with E-state index in [1.165, 1.54) is 13.8 Å². The second kappa shape index (κ2) is 9.32. The zero-order valence-electron chi connectivity index (χ0n) is 17.3. The van der Waals surface area contributed by atoms with Gasteiger partial charge in [-0.3, -0.25) is 14.4 Å². The minimum absolute atomic E-state index is 0.0195. The van der Waals surface area contributed by atoms with E-state index < -0.39 is 17.9 Å². The Kier molecular flexibility index (Phi) is 7.09. The summed E-state index contributed by atoms with van der Waals surface area (Å²) in [7, 11) is 0. The number of aromatic amines is 1. The van der Waals surface area contributed by atoms with Crippen LogP contribution in [0.1, 0.15) is 69.7 Å². The summed E-state index contributed by atoms with van der Waals surface area (Å²) < 4.78 is 10.5. The SMILES string of the molecule is CCC(=O)c1ccc(OCC(=O)OC(C)C(=O)c2[nH]c(C)c(C(C)=O)c2C)cc1. The van der Waals surface area contributed by atoms with Crippen LogP contribution in [-0.2, 0) is 9.53 Å². The zero-order chi connectivity index (χ0) is 21.7. The number of benzene rings is 1. The number of carbonyl (C=O) groups excluding carboxylic acids is 4. The molecule has 0 bridgehead atoms. The van der Waals surface area contributed by atoms with Crippen molar-refractivity contribution in [3.63, 3.8) is 0 Å². The smallest absolute Gasteiger partial charge is 0.344 e. The average Bonchev–Trinajstić information content (AvgIpc) is 2.99. The van der Waals surface area contributed by atoms with Gasteiger partial charge in [-0.1, -0.05) is 6.92 Å². The van der Waals surface area contributed by atoms with Crippen molar-refractivity contribution in [2.45, 2.75) is 47.1 Å². The van der Waals surface area contributed by atoms with Crippen molar-refractivity contribution in [1.82, 2.24) is 4.98 Å². The molecule has 1 N–H and O–H groups in total. The van der Waals surface area contributed by atoms with Crippen molar-refractivity contribution in [3.8, 4) is 5.75 Å². The molecule has 0 fully saturated rings. The molecule has 0 aliphatic heterocycles. The molecule has 1 aromatic heterocycles. The van der Waals surface area contributed by atoms with Crippen LogP contribution >= 0.6 is 0 Å². The maximum atomic E-state index is 12.6. The van der Waals surface area contributed by atoms with Crippen molar-refractivity contribution in [1.29, 1.82) is 0 Å². The second-order valence-corrected chi connectivity index (χ2v) is 6.77. The number of Topliss-reactive ketones (excluding diaryl/α,β-unsaturated/α-hetero) is 3. The molecule has 1 aromatic carbocycles. The number of H-pyrrole nitrogens is 1. The Labute approximate surface area is 169 Å². The van der Waals surface area contributed by atoms with E-state index in [1.54, 1.807) is 45.0 Å². The molecule has 2 rings (SSSR count). The number of esters is 1. The third-order valence-corrected chi connectivity index (χ3v) is 4.57. The lowest BCUT2D eigenvalue weighted by atomic mass is 10.0. The third-order valence-electron chi connectivity index (χ3n) is 4.57. The Bertz CT molecular complexity index is 939. The molecular weight excluding hydrogens is 374 g/mol. The van der Waals surface area contributed by atoms with Crippen molar-refractivity contribution in [3.05, 3.63) is 52.3 Å². The van der Waals surface area contributed by atoms with Crippen LogP contribution in [0, 0.1) is 13.8 Å². The van der Waals surface area contributed by atoms with Crippen LogP contribution in [0.5, 0.6) is 5.75 Å². The van der Waals surface area contributed by atoms with Gasteiger partial charge in [-0.2, -0.15) is 0 Å². The van der Waals surface area contributed by atoms with E-state index in [-0.39, 0.29) is 23.9 Å². The summed E-state index contributed by atoms with van der Waals surface area (Å²) in [5.74, 6) is -0.831. The minimum Gasteiger partial charge on any atom is -0.482 e. The first-order chi connectivity index (χ1) is 13.6. The molecular formula is C22H25NO6. The summed E-state index contributed by atoms with van der Waals surface area (Å²) in [6, 6.07) is 6.45. The molecule has 0 amide bonds. The second-order valence-electron chi connectivity index (χ2n) is 6.77. The molecule has 0 aliphatic rings. The molecule has 0 saturated carbocycles. The number of carbonyl (C=O) groups is 4. The number of nitrogens with one attached hydrogen (secondary N) is 1. The standard InChI is InChI=1S/C22H25NO6/c1-6-18(25)16-7-9-17(10-8-16)28-11-19(26)29-15(5)22(27)21-12(2)20(14(4)24)13(3)23-21/h7-10,15,23H,6,11H2,1-5H3. The Morgan fingerprint density at radius 1 is 1.07 bits per heavy atom. The first-order valence-electron chi connectivity index (χ1n) is 9.35. The predicted molar refractivity (Wildman–Crippen MR) is 107 cm³/mol. The van der Waals surface area contributed by atoms with E-state index in [4.69, 9.17) is 9.47 Å². The average molecular weight is 399 g/mol. The van der Waals surface area contributed by atoms with Crippen LogP contribution in [0.25, 0.3) is 0 Å². The van der Waals surface area contributed by atoms with Gasteiger partial charge in [-0.25, -0.2) is 4.79 Å². The van der Waals surface area contributed by atoms with Crippen LogP contribution in [0.3, 0.4) is 0 Å². The highest BCUT2D eigenvalue weighted by Gasteiger charge is 2.26. The summed E-state index contributed by atoms with van der Waals surface area (Å²) in [6.45, 7) is 7.70. The highest BCUT2D eigenvalue weighted by atomic mass is 16.6. The van der Waals surface area contributed by atoms with Gasteiger partial charge in [0, 0.05) is 23.2 Å². The molecule has 0 radical (unpaired) electrons. The Balaban J connectivity index is 1.95. The van der Waals surface area contributed by atoms with E-state index in [2.05, 4.69) is 4.98 Å². The van der Waals surface area contributed by atoms with Crippen molar-refractivity contribution in [2.75, 3.05) is 6.61 Å². The molecule has 0 aliphatic carbocycles. The predicted octanol–water partition coefficient (Wildman–Crippen LogP) is 3.62. The topological polar surface area (TPSA) is 103 Å². The minimum atomic E-state index is -1.03. The van der Waals surface area contributed by atoms with Gasteiger partial charge in [-0.15, -0.1) is 0 Å². The lowest BCUT2D eigenvalue weighted by Crippen LogP contribution is -2.28. The van der Waals surface area contributed by atoms with Crippen molar-refractivity contribution < 1.29 is 28.7 Å². The van der Waals surface area contributed by atoms with Crippen LogP contribution in [0.2, 0.25) is 0 Å². The Morgan fingerprint density at radius 2 is 1.69 bits per heavy atom. The third kappa shape index (κ3) is 5.19. The number of hydrogen-bond donors (Lipinski definition) is 1. The highest BCUT2D eigenvalue weighted by molar-refractivity contribution is 6.05. The van der Waals surface area contributed by atoms with Gasteiger partial charge in [0.2, 0.25) is 5.78 Å². The molecule has 1 unspecified atom stereocenters. The Hall–Kier alpha value is -3.22. The molecule has 2 aromatic rings. The summed E-state index contributed by atoms with van der Waals surface area (Å²) in [4.78, 5) is 50.9. The van der Waals surface area contributed by atoms with Gasteiger partial charge in [-0.05, 0) is 57.5 Å². The van der Waals surface area contributed by atoms with Crippen LogP contribution < -0.4 is 4.74 Å². The van der Waals surface area contributed by atoms with Gasteiger partial charge >= 0.3 is 5.97 Å². The van der Waals surface area contributed by atoms with Crippen molar-refractivity contribution in [2.24, 2.45) is 0 Å². The molecule has 7 heteroatoms. The summed E-state index contributed by atoms with van der Waals surface area (Å²) in [5.41, 5.74) is 2.44. The van der Waals surface area contributed by atoms with Gasteiger partial charge in [0.1, 0.15) is 5.75 Å². The number of ether oxygens (including phenoxy) is 2. The maximum absolute atomic E-state index is 12.6. The first kappa shape index (κ1) is 22.1. The van der Waals surface area contributed by atoms with Gasteiger partial charge in [0.15, 0.2) is 24.3 Å². The lowest BCUT2D eigenvalue weighted by Gasteiger charge is -2.13. The van der Waals surface area contributed by atoms with Crippen molar-refractivity contribution >= 4 is 23.3 Å². The maximum Gasteiger partial charge on any atom is 0.344 e. The van der Waals surface area contributed by atoms with Gasteiger partial charge in [0.05, 0.1) is 5.69 Å². The summed E-state index contributed by atoms with van der Waals surface area (Å²) in [6.07, 6.45) is -0.626. The monoisotopic (exact) mass is 399 g/mol. The fraction of sp³-hybridized carbons (Fsp3) is 0.364. The van der Waals surface area contributed by atoms with Crippen LogP contribution in [-0.4, -0.2) is 41.0 Å². The normalized spacial score (nSPS) is 11.6. The Morgan fingerprint density at radius 3 is 2.21 bits per heavy atom. The fourth-order valence-corrected chi connectivity index (χ4v) is 3.10. The van der Waals surface area contributed by atoms with E-state index in [0.717, 1.165) is 0 Å². The molecule has 154 valence electrons. The number of hydrogen-bond acceptors (Lipinski definition) is 6. The number of aromatic nitrogens is 1. The van der Waals surface area contributed by atoms with Gasteiger partial charge < -0.3 is 14.5 Å². The summed E-state index contributed by atoms with van der Waals surface area (Å²) >= 11 is 0. The van der Waals surface area contributed by atoms with E-state index >= 15 is 0 Å². The number of rotatable bonds is 9. The van der Waals surface area contributed by atoms with Gasteiger partial charge in [0.25, 0.3) is 0 Å². The molecule has 1 atom stereocenters. The molecule has 1 heterocycles. The largest absolute Gasteiger partial charge is 0.482 e. The van der Waals surface area contributed by atoms with Crippen LogP contribution in [0.4, 0.5) is 0 Å². The molecule has 29 heavy (non-hydrogen) atoms. The number of ketones is 3. The first-order valence-corrected chi connectivity index (χ1v) is 9.35. The quantitative estimate of drug-likeness (QED) is 0.510. The molecule has 0 saturated heterocycles. The van der Waals surface area contributed by atoms with E-state index in [0.29, 0.717) is 34.6 Å². The number of aryl methyl sites for hydroxylation is 1. The molecule has 7 nitrogen and oxygen atoms in total. The van der Waals surface area contributed by atoms with E-state index in [9.17, 15) is 19.2 Å². The summed E-state index contributed by atoms with van der Waals surface area (Å²) in [5, 5.41) is 0. The lowest BCUT2D eigenvalue weighted by molar-refractivity contribution is -0.148. The molecule has 0 spiro atoms. The zero-order valence-corrected chi connectivity index (χ0v) is 17.3. The fourth-order valence-electron chi connectivity index (χ4n) is 3.10. The highest BCUT2D eigenvalue weighted by Crippen LogP contribution is 2.20.